The summed E-state index contributed by atoms with van der Waals surface area (Å²) in [6, 6.07) is 20.5. The summed E-state index contributed by atoms with van der Waals surface area (Å²) in [4.78, 5) is 0. The Balaban J connectivity index is 1.85. The van der Waals surface area contributed by atoms with Crippen molar-refractivity contribution in [3.05, 3.63) is 71.8 Å². The lowest BCUT2D eigenvalue weighted by molar-refractivity contribution is -0.00447. The van der Waals surface area contributed by atoms with Gasteiger partial charge in [0.15, 0.2) is 0 Å². The quantitative estimate of drug-likeness (QED) is 0.686. The average molecular weight is 280 g/mol. The van der Waals surface area contributed by atoms with Gasteiger partial charge in [0.1, 0.15) is 6.23 Å². The molecule has 3 rings (SSSR count). The van der Waals surface area contributed by atoms with Crippen LogP contribution in [0.25, 0.3) is 0 Å². The molecule has 1 saturated heterocycles. The number of rotatable bonds is 4. The molecule has 2 aromatic rings. The molecule has 1 aliphatic heterocycles. The molecular formula is C18H20N2O. The van der Waals surface area contributed by atoms with Crippen LogP contribution in [-0.2, 0) is 4.74 Å². The van der Waals surface area contributed by atoms with Crippen molar-refractivity contribution in [2.75, 3.05) is 6.61 Å². The first-order valence-corrected chi connectivity index (χ1v) is 7.49. The summed E-state index contributed by atoms with van der Waals surface area (Å²) in [6.07, 6.45) is 3.38. The van der Waals surface area contributed by atoms with Crippen molar-refractivity contribution in [3.63, 3.8) is 0 Å². The molecule has 0 amide bonds. The zero-order valence-corrected chi connectivity index (χ0v) is 12.0. The number of nitrogens with zero attached hydrogens (tertiary/aromatic N) is 1. The van der Waals surface area contributed by atoms with Crippen molar-refractivity contribution in [3.8, 4) is 0 Å². The van der Waals surface area contributed by atoms with Crippen LogP contribution in [0, 0.1) is 0 Å². The summed E-state index contributed by atoms with van der Waals surface area (Å²) in [5.74, 6) is 0. The molecule has 1 heterocycles. The highest BCUT2D eigenvalue weighted by molar-refractivity contribution is 6.12. The van der Waals surface area contributed by atoms with E-state index in [-0.39, 0.29) is 6.23 Å². The van der Waals surface area contributed by atoms with Gasteiger partial charge in [0.2, 0.25) is 0 Å². The van der Waals surface area contributed by atoms with Crippen molar-refractivity contribution in [2.24, 2.45) is 5.10 Å². The number of hydrogen-bond donors (Lipinski definition) is 1. The first kappa shape index (κ1) is 13.8. The molecule has 1 fully saturated rings. The minimum atomic E-state index is 0.0289. The minimum Gasteiger partial charge on any atom is -0.357 e. The predicted octanol–water partition coefficient (Wildman–Crippen LogP) is 3.56. The molecule has 1 atom stereocenters. The zero-order valence-electron chi connectivity index (χ0n) is 12.0. The summed E-state index contributed by atoms with van der Waals surface area (Å²) in [7, 11) is 0. The van der Waals surface area contributed by atoms with E-state index < -0.39 is 0 Å². The molecular weight excluding hydrogens is 260 g/mol. The van der Waals surface area contributed by atoms with Gasteiger partial charge in [0.25, 0.3) is 0 Å². The highest BCUT2D eigenvalue weighted by Crippen LogP contribution is 2.13. The smallest absolute Gasteiger partial charge is 0.142 e. The lowest BCUT2D eigenvalue weighted by atomic mass is 10.0. The molecule has 2 aromatic carbocycles. The van der Waals surface area contributed by atoms with Crippen LogP contribution in [0.4, 0.5) is 0 Å². The van der Waals surface area contributed by atoms with Gasteiger partial charge in [-0.05, 0) is 19.3 Å². The number of hydrogen-bond acceptors (Lipinski definition) is 3. The number of hydrazone groups is 1. The van der Waals surface area contributed by atoms with Crippen LogP contribution < -0.4 is 5.43 Å². The van der Waals surface area contributed by atoms with E-state index in [0.29, 0.717) is 0 Å². The molecule has 1 aliphatic rings. The van der Waals surface area contributed by atoms with Crippen LogP contribution in [0.15, 0.2) is 65.8 Å². The lowest BCUT2D eigenvalue weighted by Crippen LogP contribution is -2.32. The highest BCUT2D eigenvalue weighted by atomic mass is 16.5. The van der Waals surface area contributed by atoms with Crippen molar-refractivity contribution < 1.29 is 4.74 Å². The molecule has 0 saturated carbocycles. The zero-order chi connectivity index (χ0) is 14.3. The fourth-order valence-corrected chi connectivity index (χ4v) is 2.47. The van der Waals surface area contributed by atoms with E-state index in [2.05, 4.69) is 34.8 Å². The predicted molar refractivity (Wildman–Crippen MR) is 85.2 cm³/mol. The van der Waals surface area contributed by atoms with Gasteiger partial charge in [0, 0.05) is 17.7 Å². The fraction of sp³-hybridized carbons (Fsp3) is 0.278. The summed E-state index contributed by atoms with van der Waals surface area (Å²) in [5.41, 5.74) is 6.34. The maximum Gasteiger partial charge on any atom is 0.142 e. The van der Waals surface area contributed by atoms with E-state index in [1.54, 1.807) is 0 Å². The summed E-state index contributed by atoms with van der Waals surface area (Å²) in [5, 5.41) is 4.63. The van der Waals surface area contributed by atoms with Gasteiger partial charge < -0.3 is 4.74 Å². The Morgan fingerprint density at radius 2 is 1.52 bits per heavy atom. The van der Waals surface area contributed by atoms with Crippen LogP contribution in [0.1, 0.15) is 30.4 Å². The Kier molecular flexibility index (Phi) is 4.64. The molecule has 1 unspecified atom stereocenters. The van der Waals surface area contributed by atoms with Crippen molar-refractivity contribution in [1.29, 1.82) is 0 Å². The molecule has 3 nitrogen and oxygen atoms in total. The molecule has 3 heteroatoms. The first-order chi connectivity index (χ1) is 10.4. The molecule has 21 heavy (non-hydrogen) atoms. The monoisotopic (exact) mass is 280 g/mol. The molecule has 0 bridgehead atoms. The van der Waals surface area contributed by atoms with E-state index in [9.17, 15) is 0 Å². The minimum absolute atomic E-state index is 0.0289. The Labute approximate surface area is 125 Å². The van der Waals surface area contributed by atoms with Gasteiger partial charge in [-0.1, -0.05) is 60.7 Å². The third kappa shape index (κ3) is 3.70. The second-order valence-corrected chi connectivity index (χ2v) is 5.18. The van der Waals surface area contributed by atoms with Gasteiger partial charge in [-0.25, -0.2) is 0 Å². The van der Waals surface area contributed by atoms with Crippen LogP contribution in [0.2, 0.25) is 0 Å². The lowest BCUT2D eigenvalue weighted by Gasteiger charge is -2.22. The Hall–Kier alpha value is -2.13. The van der Waals surface area contributed by atoms with E-state index >= 15 is 0 Å². The average Bonchev–Trinajstić information content (AvgIpc) is 2.58. The normalized spacial score (nSPS) is 18.0. The number of ether oxygens (including phenoxy) is 1. The van der Waals surface area contributed by atoms with Crippen LogP contribution in [0.3, 0.4) is 0 Å². The van der Waals surface area contributed by atoms with Crippen LogP contribution >= 0.6 is 0 Å². The van der Waals surface area contributed by atoms with Crippen LogP contribution in [-0.4, -0.2) is 18.5 Å². The summed E-state index contributed by atoms with van der Waals surface area (Å²) >= 11 is 0. The topological polar surface area (TPSA) is 33.6 Å². The second-order valence-electron chi connectivity index (χ2n) is 5.18. The van der Waals surface area contributed by atoms with Crippen molar-refractivity contribution >= 4 is 5.71 Å². The Bertz CT molecular complexity index is 533. The van der Waals surface area contributed by atoms with Crippen molar-refractivity contribution in [1.82, 2.24) is 5.43 Å². The second kappa shape index (κ2) is 7.04. The summed E-state index contributed by atoms with van der Waals surface area (Å²) in [6.45, 7) is 0.819. The molecule has 0 spiro atoms. The van der Waals surface area contributed by atoms with Gasteiger partial charge in [-0.3, -0.25) is 5.43 Å². The van der Waals surface area contributed by atoms with Crippen molar-refractivity contribution in [2.45, 2.75) is 25.5 Å². The highest BCUT2D eigenvalue weighted by Gasteiger charge is 2.13. The van der Waals surface area contributed by atoms with Gasteiger partial charge >= 0.3 is 0 Å². The van der Waals surface area contributed by atoms with Gasteiger partial charge in [0.05, 0.1) is 5.71 Å². The summed E-state index contributed by atoms with van der Waals surface area (Å²) < 4.78 is 5.68. The van der Waals surface area contributed by atoms with E-state index in [1.807, 2.05) is 36.4 Å². The SMILES string of the molecule is c1ccc(C(=NNC2CCCCO2)c2ccccc2)cc1. The van der Waals surface area contributed by atoms with E-state index in [0.717, 1.165) is 36.3 Å². The van der Waals surface area contributed by atoms with Gasteiger partial charge in [-0.2, -0.15) is 5.10 Å². The standard InChI is InChI=1S/C18H20N2O/c1-3-9-15(10-4-1)18(16-11-5-2-6-12-16)20-19-17-13-7-8-14-21-17/h1-6,9-12,17,19H,7-8,13-14H2. The molecule has 0 aromatic heterocycles. The third-order valence-electron chi connectivity index (χ3n) is 3.59. The maximum atomic E-state index is 5.68. The molecule has 1 N–H and O–H groups in total. The molecule has 0 aliphatic carbocycles. The Morgan fingerprint density at radius 1 is 0.905 bits per heavy atom. The largest absolute Gasteiger partial charge is 0.357 e. The fourth-order valence-electron chi connectivity index (χ4n) is 2.47. The van der Waals surface area contributed by atoms with Gasteiger partial charge in [-0.15, -0.1) is 0 Å². The van der Waals surface area contributed by atoms with Crippen LogP contribution in [0.5, 0.6) is 0 Å². The number of benzene rings is 2. The molecule has 0 radical (unpaired) electrons. The van der Waals surface area contributed by atoms with E-state index in [4.69, 9.17) is 4.74 Å². The first-order valence-electron chi connectivity index (χ1n) is 7.49. The Morgan fingerprint density at radius 3 is 2.05 bits per heavy atom. The molecule has 108 valence electrons. The number of nitrogens with one attached hydrogen (secondary N) is 1. The maximum absolute atomic E-state index is 5.68. The van der Waals surface area contributed by atoms with E-state index in [1.165, 1.54) is 6.42 Å². The third-order valence-corrected chi connectivity index (χ3v) is 3.59.